The predicted molar refractivity (Wildman–Crippen MR) is 108 cm³/mol. The SMILES string of the molecule is CC[Si](CC)(CC)C(B1OC(C)(C)C(C)(C)O1)[C@H](O)c1ccccc1. The minimum Gasteiger partial charge on any atom is -0.403 e. The van der Waals surface area contributed by atoms with E-state index in [1.54, 1.807) is 0 Å². The molecule has 1 fully saturated rings. The second-order valence-electron chi connectivity index (χ2n) is 8.43. The Bertz CT molecular complexity index is 533. The smallest absolute Gasteiger partial charge is 0.403 e. The molecule has 0 aliphatic carbocycles. The molecule has 1 saturated heterocycles. The van der Waals surface area contributed by atoms with Crippen LogP contribution in [0.1, 0.15) is 60.1 Å². The summed E-state index contributed by atoms with van der Waals surface area (Å²) >= 11 is 0. The highest BCUT2D eigenvalue weighted by Gasteiger charge is 2.59. The number of hydrogen-bond donors (Lipinski definition) is 1. The first-order chi connectivity index (χ1) is 11.6. The molecule has 0 spiro atoms. The van der Waals surface area contributed by atoms with Gasteiger partial charge in [-0.3, -0.25) is 0 Å². The summed E-state index contributed by atoms with van der Waals surface area (Å²) in [6.45, 7) is 15.2. The highest BCUT2D eigenvalue weighted by molar-refractivity contribution is 6.89. The summed E-state index contributed by atoms with van der Waals surface area (Å²) in [4.78, 5) is 0. The number of aliphatic hydroxyl groups is 1. The molecule has 0 bridgehead atoms. The molecular weight excluding hydrogens is 327 g/mol. The van der Waals surface area contributed by atoms with E-state index in [-0.39, 0.29) is 23.8 Å². The summed E-state index contributed by atoms with van der Waals surface area (Å²) in [6.07, 6.45) is -0.553. The van der Waals surface area contributed by atoms with Crippen molar-refractivity contribution >= 4 is 15.2 Å². The van der Waals surface area contributed by atoms with Gasteiger partial charge in [0.25, 0.3) is 0 Å². The molecule has 1 aliphatic rings. The second-order valence-corrected chi connectivity index (χ2v) is 13.9. The van der Waals surface area contributed by atoms with Crippen LogP contribution in [-0.4, -0.2) is 31.5 Å². The van der Waals surface area contributed by atoms with Gasteiger partial charge in [-0.25, -0.2) is 0 Å². The van der Waals surface area contributed by atoms with Gasteiger partial charge in [0, 0.05) is 5.44 Å². The third-order valence-corrected chi connectivity index (χ3v) is 13.1. The molecule has 25 heavy (non-hydrogen) atoms. The zero-order valence-corrected chi connectivity index (χ0v) is 18.0. The molecule has 1 N–H and O–H groups in total. The lowest BCUT2D eigenvalue weighted by Gasteiger charge is -2.41. The predicted octanol–water partition coefficient (Wildman–Crippen LogP) is 5.23. The Labute approximate surface area is 155 Å². The maximum absolute atomic E-state index is 11.4. The van der Waals surface area contributed by atoms with E-state index in [4.69, 9.17) is 9.31 Å². The summed E-state index contributed by atoms with van der Waals surface area (Å²) in [5.74, 6) is 0. The second kappa shape index (κ2) is 7.55. The van der Waals surface area contributed by atoms with Crippen molar-refractivity contribution in [2.75, 3.05) is 0 Å². The molecule has 0 aromatic heterocycles. The van der Waals surface area contributed by atoms with Crippen LogP contribution >= 0.6 is 0 Å². The lowest BCUT2D eigenvalue weighted by atomic mass is 9.78. The van der Waals surface area contributed by atoms with Gasteiger partial charge in [0.2, 0.25) is 0 Å². The summed E-state index contributed by atoms with van der Waals surface area (Å²) < 4.78 is 12.9. The Balaban J connectivity index is 2.47. The number of rotatable bonds is 7. The van der Waals surface area contributed by atoms with Crippen molar-refractivity contribution in [3.05, 3.63) is 35.9 Å². The fourth-order valence-corrected chi connectivity index (χ4v) is 8.61. The van der Waals surface area contributed by atoms with Crippen molar-refractivity contribution in [2.45, 2.75) is 89.3 Å². The average Bonchev–Trinajstić information content (AvgIpc) is 2.80. The van der Waals surface area contributed by atoms with Crippen LogP contribution in [0, 0.1) is 0 Å². The van der Waals surface area contributed by atoms with E-state index in [2.05, 4.69) is 48.5 Å². The van der Waals surface area contributed by atoms with E-state index in [1.807, 2.05) is 30.3 Å². The minimum absolute atomic E-state index is 0.0240. The Kier molecular flexibility index (Phi) is 6.25. The molecule has 1 aliphatic heterocycles. The van der Waals surface area contributed by atoms with Crippen molar-refractivity contribution in [3.8, 4) is 0 Å². The van der Waals surface area contributed by atoms with Gasteiger partial charge in [0.1, 0.15) is 0 Å². The van der Waals surface area contributed by atoms with Gasteiger partial charge >= 0.3 is 7.12 Å². The van der Waals surface area contributed by atoms with E-state index in [1.165, 1.54) is 0 Å². The van der Waals surface area contributed by atoms with Gasteiger partial charge < -0.3 is 14.4 Å². The zero-order chi connectivity index (χ0) is 18.9. The average molecular weight is 362 g/mol. The fourth-order valence-electron chi connectivity index (χ4n) is 4.12. The molecular formula is C20H35BO3Si. The van der Waals surface area contributed by atoms with Crippen molar-refractivity contribution in [1.29, 1.82) is 0 Å². The van der Waals surface area contributed by atoms with Crippen molar-refractivity contribution < 1.29 is 14.4 Å². The molecule has 2 atom stereocenters. The standard InChI is InChI=1S/C20H35BO3Si/c1-8-25(9-2,10-3)18(17(22)16-14-12-11-13-15-16)21-23-19(4,5)20(6,7)24-21/h11-15,17-18,22H,8-10H2,1-7H3/t17-,18?/m1/s1. The number of benzene rings is 1. The van der Waals surface area contributed by atoms with E-state index in [0.717, 1.165) is 23.7 Å². The Morgan fingerprint density at radius 2 is 1.36 bits per heavy atom. The Morgan fingerprint density at radius 1 is 0.920 bits per heavy atom. The maximum atomic E-state index is 11.4. The van der Waals surface area contributed by atoms with Crippen molar-refractivity contribution in [1.82, 2.24) is 0 Å². The lowest BCUT2D eigenvalue weighted by Crippen LogP contribution is -2.49. The van der Waals surface area contributed by atoms with Crippen molar-refractivity contribution in [2.24, 2.45) is 0 Å². The Hall–Kier alpha value is -0.618. The number of hydrogen-bond acceptors (Lipinski definition) is 3. The Morgan fingerprint density at radius 3 is 1.76 bits per heavy atom. The summed E-state index contributed by atoms with van der Waals surface area (Å²) in [6, 6.07) is 13.4. The molecule has 1 aromatic carbocycles. The highest BCUT2D eigenvalue weighted by Crippen LogP contribution is 2.49. The summed E-state index contributed by atoms with van der Waals surface area (Å²) in [7, 11) is -2.14. The minimum atomic E-state index is -1.78. The number of aliphatic hydroxyl groups excluding tert-OH is 1. The maximum Gasteiger partial charge on any atom is 0.461 e. The van der Waals surface area contributed by atoms with Crippen LogP contribution in [0.2, 0.25) is 23.6 Å². The van der Waals surface area contributed by atoms with Crippen LogP contribution in [0.15, 0.2) is 30.3 Å². The van der Waals surface area contributed by atoms with E-state index in [0.29, 0.717) is 0 Å². The molecule has 3 nitrogen and oxygen atoms in total. The highest BCUT2D eigenvalue weighted by atomic mass is 28.3. The monoisotopic (exact) mass is 362 g/mol. The quantitative estimate of drug-likeness (QED) is 0.675. The molecule has 1 heterocycles. The normalized spacial score (nSPS) is 22.0. The molecule has 2 rings (SSSR count). The lowest BCUT2D eigenvalue weighted by molar-refractivity contribution is 0.00578. The largest absolute Gasteiger partial charge is 0.461 e. The van der Waals surface area contributed by atoms with Gasteiger partial charge in [-0.15, -0.1) is 0 Å². The van der Waals surface area contributed by atoms with Gasteiger partial charge in [0.15, 0.2) is 0 Å². The van der Waals surface area contributed by atoms with E-state index < -0.39 is 14.2 Å². The van der Waals surface area contributed by atoms with Crippen LogP contribution in [-0.2, 0) is 9.31 Å². The van der Waals surface area contributed by atoms with Gasteiger partial charge in [-0.1, -0.05) is 69.2 Å². The van der Waals surface area contributed by atoms with Crippen LogP contribution < -0.4 is 0 Å². The summed E-state index contributed by atoms with van der Waals surface area (Å²) in [5, 5.41) is 11.4. The first-order valence-electron chi connectivity index (χ1n) is 9.72. The molecule has 5 heteroatoms. The first kappa shape index (κ1) is 20.7. The first-order valence-corrected chi connectivity index (χ1v) is 12.4. The van der Waals surface area contributed by atoms with Crippen LogP contribution in [0.4, 0.5) is 0 Å². The zero-order valence-electron chi connectivity index (χ0n) is 17.0. The van der Waals surface area contributed by atoms with Crippen molar-refractivity contribution in [3.63, 3.8) is 0 Å². The van der Waals surface area contributed by atoms with Crippen LogP contribution in [0.25, 0.3) is 0 Å². The molecule has 0 radical (unpaired) electrons. The van der Waals surface area contributed by atoms with Gasteiger partial charge in [-0.2, -0.15) is 0 Å². The topological polar surface area (TPSA) is 38.7 Å². The molecule has 0 saturated carbocycles. The third-order valence-electron chi connectivity index (χ3n) is 6.87. The molecule has 0 amide bonds. The molecule has 1 aromatic rings. The molecule has 1 unspecified atom stereocenters. The summed E-state index contributed by atoms with van der Waals surface area (Å²) in [5.41, 5.74) is 0.244. The van der Waals surface area contributed by atoms with E-state index >= 15 is 0 Å². The fraction of sp³-hybridized carbons (Fsp3) is 0.700. The van der Waals surface area contributed by atoms with Gasteiger partial charge in [0.05, 0.1) is 25.4 Å². The van der Waals surface area contributed by atoms with Gasteiger partial charge in [-0.05, 0) is 33.3 Å². The third kappa shape index (κ3) is 3.75. The van der Waals surface area contributed by atoms with E-state index in [9.17, 15) is 5.11 Å². The van der Waals surface area contributed by atoms with Crippen LogP contribution in [0.5, 0.6) is 0 Å². The van der Waals surface area contributed by atoms with Crippen LogP contribution in [0.3, 0.4) is 0 Å². The molecule has 140 valence electrons.